The third kappa shape index (κ3) is 5.01. The molecule has 1 unspecified atom stereocenters. The van der Waals surface area contributed by atoms with E-state index in [1.54, 1.807) is 7.11 Å². The first-order chi connectivity index (χ1) is 9.10. The molecule has 0 radical (unpaired) electrons. The van der Waals surface area contributed by atoms with Gasteiger partial charge in [-0.1, -0.05) is 13.8 Å². The summed E-state index contributed by atoms with van der Waals surface area (Å²) in [5.41, 5.74) is -0.215. The van der Waals surface area contributed by atoms with Gasteiger partial charge < -0.3 is 13.3 Å². The molecule has 6 heteroatoms. The zero-order chi connectivity index (χ0) is 17.3. The summed E-state index contributed by atoms with van der Waals surface area (Å²) in [4.78, 5) is 0. The van der Waals surface area contributed by atoms with Crippen LogP contribution in [0.4, 0.5) is 0 Å². The van der Waals surface area contributed by atoms with E-state index in [0.717, 1.165) is 0 Å². The smallest absolute Gasteiger partial charge is 0.205 e. The molecule has 0 fully saturated rings. The van der Waals surface area contributed by atoms with Gasteiger partial charge >= 0.3 is 0 Å². The van der Waals surface area contributed by atoms with Crippen LogP contribution in [0, 0.1) is 0 Å². The lowest BCUT2D eigenvalue weighted by atomic mass is 9.94. The van der Waals surface area contributed by atoms with Crippen LogP contribution in [0.5, 0.6) is 0 Å². The minimum Gasteiger partial charge on any atom is -0.458 e. The Morgan fingerprint density at radius 3 is 1.62 bits per heavy atom. The van der Waals surface area contributed by atoms with Gasteiger partial charge in [0.05, 0.1) is 10.8 Å². The van der Waals surface area contributed by atoms with E-state index >= 15 is 0 Å². The average Bonchev–Trinajstić information content (AvgIpc) is 2.25. The zero-order valence-corrected chi connectivity index (χ0v) is 19.7. The van der Waals surface area contributed by atoms with Crippen LogP contribution in [0.15, 0.2) is 0 Å². The van der Waals surface area contributed by atoms with Gasteiger partial charge in [0.25, 0.3) is 0 Å². The highest BCUT2D eigenvalue weighted by atomic mass is 28.4. The summed E-state index contributed by atoms with van der Waals surface area (Å²) in [7, 11) is -2.61. The quantitative estimate of drug-likeness (QED) is 0.617. The number of rotatable bonds is 8. The Morgan fingerprint density at radius 1 is 0.857 bits per heavy atom. The maximum Gasteiger partial charge on any atom is 0.205 e. The van der Waals surface area contributed by atoms with Crippen LogP contribution >= 0.6 is 0 Å². The highest BCUT2D eigenvalue weighted by Gasteiger charge is 2.53. The maximum absolute atomic E-state index is 6.61. The van der Waals surface area contributed by atoms with Crippen molar-refractivity contribution in [2.24, 2.45) is 0 Å². The molecule has 0 heterocycles. The number of hydrogen-bond donors (Lipinski definition) is 0. The Kier molecular flexibility index (Phi) is 7.14. The molecule has 128 valence electrons. The molecule has 0 aliphatic rings. The van der Waals surface area contributed by atoms with Crippen molar-refractivity contribution in [3.8, 4) is 0 Å². The largest absolute Gasteiger partial charge is 0.458 e. The van der Waals surface area contributed by atoms with Gasteiger partial charge in [0.2, 0.25) is 9.04 Å². The van der Waals surface area contributed by atoms with Crippen molar-refractivity contribution in [1.29, 1.82) is 0 Å². The molecule has 0 saturated heterocycles. The lowest BCUT2D eigenvalue weighted by molar-refractivity contribution is 0.0151. The lowest BCUT2D eigenvalue weighted by Gasteiger charge is -2.52. The van der Waals surface area contributed by atoms with Crippen LogP contribution in [0.1, 0.15) is 41.5 Å². The Morgan fingerprint density at radius 2 is 1.29 bits per heavy atom. The SMILES string of the molecule is COC(C)(C)[SiH](C)OC(C)(C)C(C)(C)[Si](C)(C)O[SiH](C)C. The second-order valence-electron chi connectivity index (χ2n) is 8.38. The van der Waals surface area contributed by atoms with E-state index in [1.165, 1.54) is 0 Å². The normalized spacial score (nSPS) is 16.4. The predicted molar refractivity (Wildman–Crippen MR) is 101 cm³/mol. The molecular formula is C15H38O3Si3. The summed E-state index contributed by atoms with van der Waals surface area (Å²) in [5.74, 6) is 0. The Bertz CT molecular complexity index is 339. The van der Waals surface area contributed by atoms with Gasteiger partial charge in [0.1, 0.15) is 0 Å². The highest BCUT2D eigenvalue weighted by Crippen LogP contribution is 2.50. The van der Waals surface area contributed by atoms with E-state index in [2.05, 4.69) is 74.3 Å². The monoisotopic (exact) mass is 350 g/mol. The Hall–Kier alpha value is 0.531. The molecular weight excluding hydrogens is 312 g/mol. The highest BCUT2D eigenvalue weighted by molar-refractivity contribution is 6.80. The summed E-state index contributed by atoms with van der Waals surface area (Å²) in [6.45, 7) is 24.7. The predicted octanol–water partition coefficient (Wildman–Crippen LogP) is 4.08. The standard InChI is InChI=1S/C15H38O3Si3/c1-13(2,17-20(10)15(5,6)16-7)14(3,4)21(11,12)18-19(8)9/h19-20H,1-12H3. The van der Waals surface area contributed by atoms with E-state index in [9.17, 15) is 0 Å². The molecule has 0 aliphatic heterocycles. The molecule has 1 atom stereocenters. The van der Waals surface area contributed by atoms with Crippen LogP contribution in [-0.4, -0.2) is 44.3 Å². The molecule has 21 heavy (non-hydrogen) atoms. The molecule has 0 aromatic heterocycles. The second kappa shape index (κ2) is 6.97. The van der Waals surface area contributed by atoms with Gasteiger partial charge in [0.15, 0.2) is 17.4 Å². The van der Waals surface area contributed by atoms with Gasteiger partial charge in [0, 0.05) is 12.1 Å². The average molecular weight is 351 g/mol. The van der Waals surface area contributed by atoms with Crippen molar-refractivity contribution < 1.29 is 13.3 Å². The van der Waals surface area contributed by atoms with Crippen molar-refractivity contribution >= 4 is 26.4 Å². The molecule has 0 bridgehead atoms. The van der Waals surface area contributed by atoms with Gasteiger partial charge in [-0.05, 0) is 60.4 Å². The van der Waals surface area contributed by atoms with E-state index < -0.39 is 26.4 Å². The lowest BCUT2D eigenvalue weighted by Crippen LogP contribution is -2.58. The topological polar surface area (TPSA) is 27.7 Å². The van der Waals surface area contributed by atoms with Crippen molar-refractivity contribution in [2.45, 2.75) is 90.1 Å². The van der Waals surface area contributed by atoms with Gasteiger partial charge in [-0.15, -0.1) is 0 Å². The first kappa shape index (κ1) is 21.5. The molecule has 0 rings (SSSR count). The summed E-state index contributed by atoms with van der Waals surface area (Å²) in [5, 5.41) is -0.130. The first-order valence-electron chi connectivity index (χ1n) is 8.01. The summed E-state index contributed by atoms with van der Waals surface area (Å²) >= 11 is 0. The van der Waals surface area contributed by atoms with E-state index in [-0.39, 0.29) is 15.9 Å². The fraction of sp³-hybridized carbons (Fsp3) is 1.00. The molecule has 0 aliphatic carbocycles. The minimum atomic E-state index is -1.85. The van der Waals surface area contributed by atoms with Crippen molar-refractivity contribution in [3.63, 3.8) is 0 Å². The summed E-state index contributed by atoms with van der Waals surface area (Å²) in [6, 6.07) is 0. The third-order valence-corrected chi connectivity index (χ3v) is 16.5. The van der Waals surface area contributed by atoms with Crippen LogP contribution in [0.25, 0.3) is 0 Å². The number of ether oxygens (including phenoxy) is 1. The number of hydrogen-bond acceptors (Lipinski definition) is 3. The zero-order valence-electron chi connectivity index (χ0n) is 16.4. The Labute approximate surface area is 137 Å². The van der Waals surface area contributed by atoms with Crippen LogP contribution in [0.3, 0.4) is 0 Å². The molecule has 0 saturated carbocycles. The van der Waals surface area contributed by atoms with Gasteiger partial charge in [-0.2, -0.15) is 0 Å². The summed E-state index contributed by atoms with van der Waals surface area (Å²) in [6.07, 6.45) is 0. The molecule has 0 N–H and O–H groups in total. The van der Waals surface area contributed by atoms with E-state index in [0.29, 0.717) is 0 Å². The third-order valence-electron chi connectivity index (χ3n) is 5.52. The van der Waals surface area contributed by atoms with Gasteiger partial charge in [-0.25, -0.2) is 0 Å². The van der Waals surface area contributed by atoms with Crippen molar-refractivity contribution in [1.82, 2.24) is 0 Å². The van der Waals surface area contributed by atoms with Crippen LogP contribution < -0.4 is 0 Å². The van der Waals surface area contributed by atoms with Crippen molar-refractivity contribution in [3.05, 3.63) is 0 Å². The fourth-order valence-electron chi connectivity index (χ4n) is 2.36. The molecule has 0 aromatic carbocycles. The molecule has 0 amide bonds. The molecule has 0 spiro atoms. The van der Waals surface area contributed by atoms with E-state index in [4.69, 9.17) is 13.3 Å². The van der Waals surface area contributed by atoms with Crippen LogP contribution in [-0.2, 0) is 13.3 Å². The molecule has 0 aromatic rings. The van der Waals surface area contributed by atoms with Gasteiger partial charge in [-0.3, -0.25) is 0 Å². The van der Waals surface area contributed by atoms with Crippen LogP contribution in [0.2, 0.25) is 37.8 Å². The van der Waals surface area contributed by atoms with E-state index in [1.807, 2.05) is 0 Å². The second-order valence-corrected chi connectivity index (χ2v) is 18.6. The first-order valence-corrected chi connectivity index (χ1v) is 15.9. The fourth-order valence-corrected chi connectivity index (χ4v) is 11.7. The van der Waals surface area contributed by atoms with Crippen molar-refractivity contribution in [2.75, 3.05) is 7.11 Å². The summed E-state index contributed by atoms with van der Waals surface area (Å²) < 4.78 is 18.7. The number of methoxy groups -OCH3 is 1. The Balaban J connectivity index is 5.29. The minimum absolute atomic E-state index is 0.0301. The maximum atomic E-state index is 6.61. The molecule has 3 nitrogen and oxygen atoms in total.